The molecule has 0 fully saturated rings. The van der Waals surface area contributed by atoms with Gasteiger partial charge in [0, 0.05) is 5.56 Å². The van der Waals surface area contributed by atoms with Crippen LogP contribution in [-0.2, 0) is 6.61 Å². The van der Waals surface area contributed by atoms with Crippen LogP contribution in [0, 0.1) is 30.4 Å². The van der Waals surface area contributed by atoms with E-state index in [1.165, 1.54) is 20.3 Å². The van der Waals surface area contributed by atoms with Crippen molar-refractivity contribution in [1.29, 1.82) is 0 Å². The van der Waals surface area contributed by atoms with E-state index in [0.717, 1.165) is 6.07 Å². The van der Waals surface area contributed by atoms with Crippen molar-refractivity contribution in [2.24, 2.45) is 0 Å². The van der Waals surface area contributed by atoms with Crippen LogP contribution in [0.3, 0.4) is 0 Å². The average molecular weight is 345 g/mol. The van der Waals surface area contributed by atoms with E-state index in [-0.39, 0.29) is 22.6 Å². The highest BCUT2D eigenvalue weighted by Gasteiger charge is 2.29. The van der Waals surface area contributed by atoms with Crippen molar-refractivity contribution in [3.05, 3.63) is 48.1 Å². The highest BCUT2D eigenvalue weighted by molar-refractivity contribution is 5.76. The van der Waals surface area contributed by atoms with E-state index in [9.17, 15) is 22.7 Å². The number of benzene rings is 2. The summed E-state index contributed by atoms with van der Waals surface area (Å²) in [4.78, 5) is 0. The largest absolute Gasteiger partial charge is 0.496 e. The topological polar surface area (TPSA) is 47.9 Å². The molecule has 0 aromatic heterocycles. The molecule has 0 aliphatic heterocycles. The second kappa shape index (κ2) is 6.96. The van der Waals surface area contributed by atoms with Crippen molar-refractivity contribution >= 4 is 0 Å². The summed E-state index contributed by atoms with van der Waals surface area (Å²) in [6, 6.07) is 2.44. The first-order valence-electron chi connectivity index (χ1n) is 6.55. The van der Waals surface area contributed by atoms with E-state index in [0.29, 0.717) is 0 Å². The first-order valence-corrected chi connectivity index (χ1v) is 6.55. The molecule has 0 aliphatic carbocycles. The zero-order valence-electron chi connectivity index (χ0n) is 12.8. The Balaban J connectivity index is 2.88. The number of methoxy groups -OCH3 is 2. The first-order chi connectivity index (χ1) is 11.4. The quantitative estimate of drug-likeness (QED) is 0.665. The maximum absolute atomic E-state index is 14.3. The van der Waals surface area contributed by atoms with Gasteiger partial charge in [0.2, 0.25) is 11.6 Å². The molecule has 2 aromatic rings. The second-order valence-corrected chi connectivity index (χ2v) is 4.59. The number of ether oxygens (including phenoxy) is 3. The summed E-state index contributed by atoms with van der Waals surface area (Å²) in [5.74, 6) is -8.11. The molecule has 0 saturated heterocycles. The fourth-order valence-corrected chi connectivity index (χ4v) is 2.36. The van der Waals surface area contributed by atoms with Crippen molar-refractivity contribution in [3.63, 3.8) is 0 Å². The normalized spacial score (nSPS) is 10.7. The number of halogens is 4. The summed E-state index contributed by atoms with van der Waals surface area (Å²) in [5.41, 5.74) is -1.24. The van der Waals surface area contributed by atoms with Crippen molar-refractivity contribution in [2.75, 3.05) is 14.2 Å². The van der Waals surface area contributed by atoms with Crippen LogP contribution in [0.15, 0.2) is 12.1 Å². The minimum atomic E-state index is -1.73. The zero-order valence-corrected chi connectivity index (χ0v) is 12.8. The average Bonchev–Trinajstić information content (AvgIpc) is 2.59. The molecule has 0 bridgehead atoms. The van der Waals surface area contributed by atoms with Crippen LogP contribution in [0.4, 0.5) is 17.6 Å². The molecule has 2 aromatic carbocycles. The Hall–Kier alpha value is -2.48. The Morgan fingerprint density at radius 1 is 0.917 bits per heavy atom. The third-order valence-corrected chi connectivity index (χ3v) is 3.44. The minimum absolute atomic E-state index is 0.0644. The first kappa shape index (κ1) is 17.9. The van der Waals surface area contributed by atoms with Crippen LogP contribution in [0.2, 0.25) is 0 Å². The van der Waals surface area contributed by atoms with Gasteiger partial charge < -0.3 is 19.3 Å². The van der Waals surface area contributed by atoms with Crippen molar-refractivity contribution in [1.82, 2.24) is 0 Å². The molecule has 0 unspecified atom stereocenters. The third-order valence-electron chi connectivity index (χ3n) is 3.44. The molecular weight excluding hydrogens is 332 g/mol. The highest BCUT2D eigenvalue weighted by atomic mass is 19.2. The van der Waals surface area contributed by atoms with E-state index < -0.39 is 41.2 Å². The van der Waals surface area contributed by atoms with Crippen LogP contribution < -0.4 is 14.2 Å². The van der Waals surface area contributed by atoms with Gasteiger partial charge in [0.15, 0.2) is 17.4 Å². The maximum Gasteiger partial charge on any atom is 0.204 e. The van der Waals surface area contributed by atoms with Crippen LogP contribution in [0.1, 0.15) is 5.56 Å². The van der Waals surface area contributed by atoms with Gasteiger partial charge in [0.1, 0.15) is 18.6 Å². The van der Waals surface area contributed by atoms with Crippen molar-refractivity contribution < 1.29 is 36.9 Å². The molecule has 2 rings (SSSR count). The third kappa shape index (κ3) is 2.62. The van der Waals surface area contributed by atoms with Gasteiger partial charge in [-0.3, -0.25) is 0 Å². The van der Waals surface area contributed by atoms with Crippen molar-refractivity contribution in [3.8, 4) is 28.4 Å². The monoisotopic (exact) mass is 345 g/mol. The Labute approximate surface area is 135 Å². The number of hydrogen-bond donors (Lipinski definition) is 1. The lowest BCUT2D eigenvalue weighted by Crippen LogP contribution is -2.05. The van der Waals surface area contributed by atoms with Gasteiger partial charge in [-0.25, -0.2) is 8.78 Å². The summed E-state index contributed by atoms with van der Waals surface area (Å²) in [7, 11) is 5.25. The molecule has 129 valence electrons. The number of aliphatic hydroxyl groups excluding tert-OH is 1. The molecule has 1 N–H and O–H groups in total. The van der Waals surface area contributed by atoms with E-state index in [2.05, 4.69) is 11.8 Å². The molecule has 0 aliphatic rings. The minimum Gasteiger partial charge on any atom is -0.496 e. The molecule has 0 amide bonds. The Morgan fingerprint density at radius 3 is 1.92 bits per heavy atom. The Bertz CT molecular complexity index is 748. The second-order valence-electron chi connectivity index (χ2n) is 4.59. The summed E-state index contributed by atoms with van der Waals surface area (Å²) in [6.07, 6.45) is 0. The predicted molar refractivity (Wildman–Crippen MR) is 76.7 cm³/mol. The molecule has 24 heavy (non-hydrogen) atoms. The Kier molecular flexibility index (Phi) is 5.18. The molecule has 0 atom stereocenters. The molecular formula is C16H13F4O4. The summed E-state index contributed by atoms with van der Waals surface area (Å²) in [6.45, 7) is -0.589. The van der Waals surface area contributed by atoms with E-state index in [1.54, 1.807) is 0 Å². The van der Waals surface area contributed by atoms with Gasteiger partial charge >= 0.3 is 0 Å². The van der Waals surface area contributed by atoms with Crippen LogP contribution in [-0.4, -0.2) is 19.3 Å². The van der Waals surface area contributed by atoms with Crippen LogP contribution in [0.25, 0.3) is 11.1 Å². The lowest BCUT2D eigenvalue weighted by atomic mass is 9.98. The van der Waals surface area contributed by atoms with Crippen molar-refractivity contribution in [2.45, 2.75) is 6.61 Å². The molecule has 4 nitrogen and oxygen atoms in total. The molecule has 0 spiro atoms. The van der Waals surface area contributed by atoms with Gasteiger partial charge in [-0.15, -0.1) is 0 Å². The summed E-state index contributed by atoms with van der Waals surface area (Å²) < 4.78 is 70.5. The fraction of sp³-hybridized carbons (Fsp3) is 0.188. The molecule has 0 saturated carbocycles. The van der Waals surface area contributed by atoms with E-state index >= 15 is 0 Å². The lowest BCUT2D eigenvalue weighted by Gasteiger charge is -2.17. The van der Waals surface area contributed by atoms with Crippen LogP contribution >= 0.6 is 0 Å². The maximum atomic E-state index is 14.3. The van der Waals surface area contributed by atoms with Gasteiger partial charge in [-0.1, -0.05) is 0 Å². The Morgan fingerprint density at radius 2 is 1.50 bits per heavy atom. The molecule has 8 heteroatoms. The van der Waals surface area contributed by atoms with E-state index in [4.69, 9.17) is 9.47 Å². The molecule has 0 heterocycles. The summed E-state index contributed by atoms with van der Waals surface area (Å²) in [5, 5.41) is 9.44. The smallest absolute Gasteiger partial charge is 0.204 e. The highest BCUT2D eigenvalue weighted by Crippen LogP contribution is 2.43. The number of hydrogen-bond acceptors (Lipinski definition) is 4. The molecule has 1 radical (unpaired) electrons. The predicted octanol–water partition coefficient (Wildman–Crippen LogP) is 3.59. The van der Waals surface area contributed by atoms with Gasteiger partial charge in [0.05, 0.1) is 32.0 Å². The fourth-order valence-electron chi connectivity index (χ4n) is 2.36. The summed E-state index contributed by atoms with van der Waals surface area (Å²) >= 11 is 0. The standard InChI is InChI=1S/C16H13F4O4/c1-22-9-5-4-7(15(23-2)8(9)6-21)10-11(17)13(19)16(24-3)14(20)12(10)18/h4-5,21H,3,6H2,1-2H3. The zero-order chi connectivity index (χ0) is 18.0. The van der Waals surface area contributed by atoms with Gasteiger partial charge in [-0.05, 0) is 12.1 Å². The van der Waals surface area contributed by atoms with E-state index in [1.807, 2.05) is 0 Å². The SMILES string of the molecule is [CH2]Oc1c(F)c(F)c(-c2ccc(OC)c(CO)c2OC)c(F)c1F. The van der Waals surface area contributed by atoms with Crippen LogP contribution in [0.5, 0.6) is 17.2 Å². The number of aliphatic hydroxyl groups is 1. The van der Waals surface area contributed by atoms with Gasteiger partial charge in [0.25, 0.3) is 0 Å². The lowest BCUT2D eigenvalue weighted by molar-refractivity contribution is 0.265. The van der Waals surface area contributed by atoms with Gasteiger partial charge in [-0.2, -0.15) is 8.78 Å². The number of rotatable bonds is 5.